The summed E-state index contributed by atoms with van der Waals surface area (Å²) in [6.45, 7) is 4.91. The molecule has 1 N–H and O–H groups in total. The van der Waals surface area contributed by atoms with Crippen molar-refractivity contribution in [1.29, 1.82) is 0 Å². The molecule has 0 aliphatic carbocycles. The van der Waals surface area contributed by atoms with Crippen LogP contribution < -0.4 is 10.9 Å². The number of benzene rings is 1. The molecule has 28 heavy (non-hydrogen) atoms. The summed E-state index contributed by atoms with van der Waals surface area (Å²) in [6, 6.07) is 6.33. The van der Waals surface area contributed by atoms with Gasteiger partial charge in [-0.25, -0.2) is 14.1 Å². The Labute approximate surface area is 162 Å². The smallest absolute Gasteiger partial charge is 0.264 e. The fraction of sp³-hybridized carbons (Fsp3) is 0.400. The topological polar surface area (TPSA) is 81.8 Å². The number of rotatable bonds is 8. The normalized spacial score (nSPS) is 11.3. The Kier molecular flexibility index (Phi) is 6.18. The van der Waals surface area contributed by atoms with Gasteiger partial charge < -0.3 is 5.32 Å². The van der Waals surface area contributed by atoms with Crippen LogP contribution in [0.25, 0.3) is 11.0 Å². The van der Waals surface area contributed by atoms with Gasteiger partial charge in [0.05, 0.1) is 19.3 Å². The number of hydrogen-bond donors (Lipinski definition) is 1. The molecule has 3 aromatic rings. The van der Waals surface area contributed by atoms with Crippen molar-refractivity contribution in [3.63, 3.8) is 0 Å². The van der Waals surface area contributed by atoms with E-state index in [1.807, 2.05) is 13.8 Å². The van der Waals surface area contributed by atoms with Crippen LogP contribution in [0.5, 0.6) is 0 Å². The second kappa shape index (κ2) is 8.77. The number of fused-ring (bicyclic) bond motifs is 1. The summed E-state index contributed by atoms with van der Waals surface area (Å²) in [5.41, 5.74) is 0.592. The molecule has 8 heteroatoms. The molecule has 2 aromatic heterocycles. The van der Waals surface area contributed by atoms with E-state index in [-0.39, 0.29) is 29.7 Å². The Balaban J connectivity index is 1.73. The zero-order valence-corrected chi connectivity index (χ0v) is 16.1. The van der Waals surface area contributed by atoms with Gasteiger partial charge in [-0.15, -0.1) is 0 Å². The number of nitrogens with one attached hydrogen (secondary N) is 1. The molecule has 148 valence electrons. The molecule has 0 saturated heterocycles. The molecule has 0 atom stereocenters. The van der Waals surface area contributed by atoms with Crippen molar-refractivity contribution >= 4 is 16.9 Å². The third-order valence-corrected chi connectivity index (χ3v) is 4.90. The van der Waals surface area contributed by atoms with Gasteiger partial charge in [-0.3, -0.25) is 14.2 Å². The van der Waals surface area contributed by atoms with Crippen LogP contribution in [0.1, 0.15) is 32.3 Å². The Morgan fingerprint density at radius 3 is 2.71 bits per heavy atom. The maximum atomic E-state index is 13.9. The monoisotopic (exact) mass is 385 g/mol. The van der Waals surface area contributed by atoms with Crippen LogP contribution in [0.3, 0.4) is 0 Å². The second-order valence-electron chi connectivity index (χ2n) is 6.68. The molecule has 0 saturated carbocycles. The summed E-state index contributed by atoms with van der Waals surface area (Å²) in [7, 11) is 0. The summed E-state index contributed by atoms with van der Waals surface area (Å²) in [5, 5.41) is 7.49. The number of carbonyl (C=O) groups is 1. The minimum Gasteiger partial charge on any atom is -0.354 e. The molecule has 0 aliphatic rings. The fourth-order valence-electron chi connectivity index (χ4n) is 3.17. The number of aromatic nitrogens is 4. The Morgan fingerprint density at radius 1 is 1.25 bits per heavy atom. The Hall–Kier alpha value is -3.03. The van der Waals surface area contributed by atoms with Crippen molar-refractivity contribution in [2.24, 2.45) is 5.92 Å². The summed E-state index contributed by atoms with van der Waals surface area (Å²) in [5.74, 6) is -0.321. The average molecular weight is 385 g/mol. The van der Waals surface area contributed by atoms with Crippen LogP contribution in [0.4, 0.5) is 4.39 Å². The van der Waals surface area contributed by atoms with Crippen LogP contribution in [0.15, 0.2) is 41.6 Å². The summed E-state index contributed by atoms with van der Waals surface area (Å²) in [4.78, 5) is 29.1. The van der Waals surface area contributed by atoms with E-state index in [1.165, 1.54) is 23.2 Å². The maximum Gasteiger partial charge on any atom is 0.264 e. The quantitative estimate of drug-likeness (QED) is 0.645. The third kappa shape index (κ3) is 4.11. The zero-order valence-electron chi connectivity index (χ0n) is 16.1. The average Bonchev–Trinajstić information content (AvgIpc) is 3.10. The van der Waals surface area contributed by atoms with Crippen molar-refractivity contribution in [3.05, 3.63) is 58.5 Å². The number of amides is 1. The first kappa shape index (κ1) is 19.7. The van der Waals surface area contributed by atoms with Gasteiger partial charge in [0.25, 0.3) is 5.56 Å². The molecular weight excluding hydrogens is 361 g/mol. The van der Waals surface area contributed by atoms with Gasteiger partial charge in [0.15, 0.2) is 5.65 Å². The summed E-state index contributed by atoms with van der Waals surface area (Å²) in [6.07, 6.45) is 4.47. The molecule has 0 bridgehead atoms. The standard InChI is InChI=1S/C20H24FN5O2/c1-3-14(4-2)19(27)22-9-10-26-18-16(11-24-26)20(28)25(13-23-18)12-15-7-5-6-8-17(15)21/h5-8,11,13-14H,3-4,9-10,12H2,1-2H3,(H,22,27). The highest BCUT2D eigenvalue weighted by molar-refractivity contribution is 5.78. The highest BCUT2D eigenvalue weighted by Crippen LogP contribution is 2.10. The lowest BCUT2D eigenvalue weighted by molar-refractivity contribution is -0.125. The van der Waals surface area contributed by atoms with E-state index in [4.69, 9.17) is 0 Å². The Morgan fingerprint density at radius 2 is 2.00 bits per heavy atom. The van der Waals surface area contributed by atoms with E-state index in [0.29, 0.717) is 29.7 Å². The molecule has 0 radical (unpaired) electrons. The minimum atomic E-state index is -0.363. The summed E-state index contributed by atoms with van der Waals surface area (Å²) < 4.78 is 16.8. The first-order chi connectivity index (χ1) is 13.5. The minimum absolute atomic E-state index is 0.0121. The zero-order chi connectivity index (χ0) is 20.1. The van der Waals surface area contributed by atoms with E-state index in [1.54, 1.807) is 22.9 Å². The molecule has 2 heterocycles. The van der Waals surface area contributed by atoms with E-state index < -0.39 is 0 Å². The number of nitrogens with zero attached hydrogens (tertiary/aromatic N) is 4. The third-order valence-electron chi connectivity index (χ3n) is 4.90. The number of halogens is 1. The van der Waals surface area contributed by atoms with Crippen molar-refractivity contribution in [1.82, 2.24) is 24.6 Å². The first-order valence-corrected chi connectivity index (χ1v) is 9.47. The van der Waals surface area contributed by atoms with E-state index in [2.05, 4.69) is 15.4 Å². The van der Waals surface area contributed by atoms with E-state index in [9.17, 15) is 14.0 Å². The lowest BCUT2D eigenvalue weighted by atomic mass is 10.0. The van der Waals surface area contributed by atoms with Gasteiger partial charge >= 0.3 is 0 Å². The SMILES string of the molecule is CCC(CC)C(=O)NCCn1ncc2c(=O)n(Cc3ccccc3F)cnc21. The molecule has 0 unspecified atom stereocenters. The van der Waals surface area contributed by atoms with Gasteiger partial charge in [-0.2, -0.15) is 5.10 Å². The highest BCUT2D eigenvalue weighted by Gasteiger charge is 2.14. The lowest BCUT2D eigenvalue weighted by Crippen LogP contribution is -2.32. The van der Waals surface area contributed by atoms with Crippen molar-refractivity contribution in [2.45, 2.75) is 39.8 Å². The largest absolute Gasteiger partial charge is 0.354 e. The molecule has 7 nitrogen and oxygen atoms in total. The second-order valence-corrected chi connectivity index (χ2v) is 6.68. The molecule has 0 fully saturated rings. The van der Waals surface area contributed by atoms with Gasteiger partial charge in [0.1, 0.15) is 17.5 Å². The molecular formula is C20H24FN5O2. The van der Waals surface area contributed by atoms with Gasteiger partial charge in [-0.1, -0.05) is 32.0 Å². The predicted octanol–water partition coefficient (Wildman–Crippen LogP) is 2.33. The van der Waals surface area contributed by atoms with Gasteiger partial charge in [0, 0.05) is 18.0 Å². The van der Waals surface area contributed by atoms with Gasteiger partial charge in [-0.05, 0) is 18.9 Å². The maximum absolute atomic E-state index is 13.9. The Bertz CT molecular complexity index is 1020. The first-order valence-electron chi connectivity index (χ1n) is 9.47. The lowest BCUT2D eigenvalue weighted by Gasteiger charge is -2.12. The number of carbonyl (C=O) groups excluding carboxylic acids is 1. The predicted molar refractivity (Wildman–Crippen MR) is 104 cm³/mol. The van der Waals surface area contributed by atoms with E-state index >= 15 is 0 Å². The van der Waals surface area contributed by atoms with Crippen LogP contribution in [-0.4, -0.2) is 31.8 Å². The molecule has 1 aromatic carbocycles. The van der Waals surface area contributed by atoms with Crippen LogP contribution in [0, 0.1) is 11.7 Å². The molecule has 0 spiro atoms. The van der Waals surface area contributed by atoms with Crippen molar-refractivity contribution < 1.29 is 9.18 Å². The van der Waals surface area contributed by atoms with Crippen molar-refractivity contribution in [2.75, 3.05) is 6.54 Å². The van der Waals surface area contributed by atoms with Crippen LogP contribution in [-0.2, 0) is 17.9 Å². The molecule has 3 rings (SSSR count). The summed E-state index contributed by atoms with van der Waals surface area (Å²) >= 11 is 0. The molecule has 1 amide bonds. The fourth-order valence-corrected chi connectivity index (χ4v) is 3.17. The highest BCUT2D eigenvalue weighted by atomic mass is 19.1. The van der Waals surface area contributed by atoms with Crippen molar-refractivity contribution in [3.8, 4) is 0 Å². The van der Waals surface area contributed by atoms with Gasteiger partial charge in [0.2, 0.25) is 5.91 Å². The number of hydrogen-bond acceptors (Lipinski definition) is 4. The molecule has 0 aliphatic heterocycles. The van der Waals surface area contributed by atoms with Crippen LogP contribution in [0.2, 0.25) is 0 Å². The van der Waals surface area contributed by atoms with Crippen LogP contribution >= 0.6 is 0 Å². The van der Waals surface area contributed by atoms with E-state index in [0.717, 1.165) is 12.8 Å².